The summed E-state index contributed by atoms with van der Waals surface area (Å²) in [6, 6.07) is 2.75. The van der Waals surface area contributed by atoms with Crippen molar-refractivity contribution in [3.05, 3.63) is 47.2 Å². The van der Waals surface area contributed by atoms with E-state index in [-0.39, 0.29) is 16.9 Å². The van der Waals surface area contributed by atoms with Crippen LogP contribution < -0.4 is 5.73 Å². The van der Waals surface area contributed by atoms with Gasteiger partial charge >= 0.3 is 0 Å². The average Bonchev–Trinajstić information content (AvgIpc) is 2.59. The van der Waals surface area contributed by atoms with Crippen molar-refractivity contribution in [3.63, 3.8) is 0 Å². The fraction of sp³-hybridized carbons (Fsp3) is 0.0909. The second-order valence-electron chi connectivity index (χ2n) is 3.52. The van der Waals surface area contributed by atoms with Gasteiger partial charge in [0.05, 0.1) is 17.3 Å². The van der Waals surface area contributed by atoms with Crippen LogP contribution in [0.2, 0.25) is 0 Å². The van der Waals surface area contributed by atoms with Gasteiger partial charge in [-0.15, -0.1) is 0 Å². The van der Waals surface area contributed by atoms with E-state index >= 15 is 0 Å². The molecule has 0 aliphatic rings. The highest BCUT2D eigenvalue weighted by Gasteiger charge is 2.19. The minimum atomic E-state index is -0.918. The van der Waals surface area contributed by atoms with Crippen LogP contribution in [0, 0.1) is 11.6 Å². The summed E-state index contributed by atoms with van der Waals surface area (Å²) in [5.74, 6) is -2.14. The number of halogens is 2. The first-order valence-corrected chi connectivity index (χ1v) is 4.78. The summed E-state index contributed by atoms with van der Waals surface area (Å²) in [6.45, 7) is 0. The Bertz CT molecular complexity index is 592. The third kappa shape index (κ3) is 1.89. The predicted molar refractivity (Wildman–Crippen MR) is 57.4 cm³/mol. The maximum Gasteiger partial charge on any atom is 0.201 e. The van der Waals surface area contributed by atoms with Gasteiger partial charge in [0.2, 0.25) is 5.78 Å². The van der Waals surface area contributed by atoms with Crippen molar-refractivity contribution < 1.29 is 13.6 Å². The van der Waals surface area contributed by atoms with Gasteiger partial charge in [-0.25, -0.2) is 8.78 Å². The van der Waals surface area contributed by atoms with Gasteiger partial charge in [0.25, 0.3) is 0 Å². The molecule has 2 N–H and O–H groups in total. The van der Waals surface area contributed by atoms with Crippen LogP contribution in [0.1, 0.15) is 15.9 Å². The van der Waals surface area contributed by atoms with Crippen molar-refractivity contribution in [2.75, 3.05) is 5.73 Å². The highest BCUT2D eigenvalue weighted by atomic mass is 19.1. The van der Waals surface area contributed by atoms with E-state index in [9.17, 15) is 13.6 Å². The summed E-state index contributed by atoms with van der Waals surface area (Å²) in [5.41, 5.74) is 5.47. The lowest BCUT2D eigenvalue weighted by atomic mass is 10.1. The monoisotopic (exact) mass is 237 g/mol. The maximum absolute atomic E-state index is 13.4. The zero-order chi connectivity index (χ0) is 12.6. The number of rotatable bonds is 2. The number of nitrogen functional groups attached to an aromatic ring is 1. The number of aryl methyl sites for hydroxylation is 1. The smallest absolute Gasteiger partial charge is 0.201 e. The Morgan fingerprint density at radius 2 is 2.06 bits per heavy atom. The lowest BCUT2D eigenvalue weighted by Gasteiger charge is -2.02. The van der Waals surface area contributed by atoms with Crippen LogP contribution in [0.3, 0.4) is 0 Å². The summed E-state index contributed by atoms with van der Waals surface area (Å²) in [7, 11) is 1.56. The highest BCUT2D eigenvalue weighted by Crippen LogP contribution is 2.18. The van der Waals surface area contributed by atoms with Gasteiger partial charge in [-0.3, -0.25) is 9.48 Å². The van der Waals surface area contributed by atoms with Crippen molar-refractivity contribution in [2.45, 2.75) is 0 Å². The van der Waals surface area contributed by atoms with Crippen molar-refractivity contribution in [1.29, 1.82) is 0 Å². The number of hydrogen-bond donors (Lipinski definition) is 1. The minimum Gasteiger partial charge on any atom is -0.383 e. The van der Waals surface area contributed by atoms with Gasteiger partial charge in [0.15, 0.2) is 0 Å². The van der Waals surface area contributed by atoms with Crippen molar-refractivity contribution in [1.82, 2.24) is 9.78 Å². The third-order valence-electron chi connectivity index (χ3n) is 2.41. The Balaban J connectivity index is 2.47. The van der Waals surface area contributed by atoms with E-state index < -0.39 is 17.4 Å². The Morgan fingerprint density at radius 3 is 2.59 bits per heavy atom. The third-order valence-corrected chi connectivity index (χ3v) is 2.41. The number of benzene rings is 1. The van der Waals surface area contributed by atoms with E-state index in [1.807, 2.05) is 0 Å². The number of nitrogens with zero attached hydrogens (tertiary/aromatic N) is 2. The molecule has 0 saturated heterocycles. The standard InChI is InChI=1S/C11H9F2N3O/c1-16-11(14)8(5-15-16)10(17)7-3-2-6(12)4-9(7)13/h2-5H,14H2,1H3. The Labute approximate surface area is 95.7 Å². The van der Waals surface area contributed by atoms with E-state index in [1.54, 1.807) is 7.05 Å². The molecule has 0 aliphatic carbocycles. The molecule has 88 valence electrons. The molecule has 0 fully saturated rings. The minimum absolute atomic E-state index is 0.0954. The molecule has 17 heavy (non-hydrogen) atoms. The molecule has 1 aromatic carbocycles. The topological polar surface area (TPSA) is 60.9 Å². The molecule has 0 atom stereocenters. The number of hydrogen-bond acceptors (Lipinski definition) is 3. The number of carbonyl (C=O) groups is 1. The van der Waals surface area contributed by atoms with Gasteiger partial charge in [-0.2, -0.15) is 5.10 Å². The normalized spacial score (nSPS) is 10.5. The van der Waals surface area contributed by atoms with E-state index in [1.165, 1.54) is 10.9 Å². The molecular formula is C11H9F2N3O. The molecule has 0 saturated carbocycles. The molecule has 2 rings (SSSR count). The first-order valence-electron chi connectivity index (χ1n) is 4.78. The molecule has 1 aromatic heterocycles. The molecule has 0 amide bonds. The number of aromatic nitrogens is 2. The fourth-order valence-electron chi connectivity index (χ4n) is 1.44. The van der Waals surface area contributed by atoms with Crippen LogP contribution in [0.15, 0.2) is 24.4 Å². The number of carbonyl (C=O) groups excluding carboxylic acids is 1. The Kier molecular flexibility index (Phi) is 2.63. The molecule has 2 aromatic rings. The zero-order valence-electron chi connectivity index (χ0n) is 8.95. The SMILES string of the molecule is Cn1ncc(C(=O)c2ccc(F)cc2F)c1N. The summed E-state index contributed by atoms with van der Waals surface area (Å²) < 4.78 is 27.4. The van der Waals surface area contributed by atoms with E-state index in [4.69, 9.17) is 5.73 Å². The molecule has 0 bridgehead atoms. The van der Waals surface area contributed by atoms with Gasteiger partial charge in [0, 0.05) is 13.1 Å². The first kappa shape index (κ1) is 11.3. The van der Waals surface area contributed by atoms with E-state index in [0.717, 1.165) is 12.1 Å². The van der Waals surface area contributed by atoms with Crippen LogP contribution in [-0.4, -0.2) is 15.6 Å². The largest absolute Gasteiger partial charge is 0.383 e. The maximum atomic E-state index is 13.4. The van der Waals surface area contributed by atoms with Crippen molar-refractivity contribution in [2.24, 2.45) is 7.05 Å². The Hall–Kier alpha value is -2.24. The molecule has 1 heterocycles. The average molecular weight is 237 g/mol. The summed E-state index contributed by atoms with van der Waals surface area (Å²) in [6.07, 6.45) is 1.25. The lowest BCUT2D eigenvalue weighted by Crippen LogP contribution is -2.08. The van der Waals surface area contributed by atoms with Gasteiger partial charge in [-0.1, -0.05) is 0 Å². The summed E-state index contributed by atoms with van der Waals surface area (Å²) >= 11 is 0. The number of anilines is 1. The molecular weight excluding hydrogens is 228 g/mol. The number of nitrogens with two attached hydrogens (primary N) is 1. The van der Waals surface area contributed by atoms with Crippen LogP contribution in [0.25, 0.3) is 0 Å². The molecule has 0 radical (unpaired) electrons. The molecule has 0 aliphatic heterocycles. The summed E-state index contributed by atoms with van der Waals surface area (Å²) in [4.78, 5) is 11.9. The van der Waals surface area contributed by atoms with E-state index in [0.29, 0.717) is 6.07 Å². The lowest BCUT2D eigenvalue weighted by molar-refractivity contribution is 0.103. The van der Waals surface area contributed by atoms with E-state index in [2.05, 4.69) is 5.10 Å². The van der Waals surface area contributed by atoms with Gasteiger partial charge in [-0.05, 0) is 12.1 Å². The highest BCUT2D eigenvalue weighted by molar-refractivity contribution is 6.11. The van der Waals surface area contributed by atoms with Gasteiger partial charge < -0.3 is 5.73 Å². The molecule has 6 heteroatoms. The first-order chi connectivity index (χ1) is 8.00. The van der Waals surface area contributed by atoms with Crippen molar-refractivity contribution in [3.8, 4) is 0 Å². The van der Waals surface area contributed by atoms with Crippen LogP contribution >= 0.6 is 0 Å². The number of ketones is 1. The van der Waals surface area contributed by atoms with Crippen LogP contribution in [-0.2, 0) is 7.05 Å². The second kappa shape index (κ2) is 3.97. The van der Waals surface area contributed by atoms with Crippen LogP contribution in [0.5, 0.6) is 0 Å². The van der Waals surface area contributed by atoms with Crippen molar-refractivity contribution >= 4 is 11.6 Å². The van der Waals surface area contributed by atoms with Gasteiger partial charge in [0.1, 0.15) is 17.5 Å². The Morgan fingerprint density at radius 1 is 1.35 bits per heavy atom. The predicted octanol–water partition coefficient (Wildman–Crippen LogP) is 1.51. The molecule has 4 nitrogen and oxygen atoms in total. The summed E-state index contributed by atoms with van der Waals surface area (Å²) in [5, 5.41) is 3.78. The van der Waals surface area contributed by atoms with Crippen LogP contribution in [0.4, 0.5) is 14.6 Å². The fourth-order valence-corrected chi connectivity index (χ4v) is 1.44. The molecule has 0 unspecified atom stereocenters. The zero-order valence-corrected chi connectivity index (χ0v) is 8.95. The second-order valence-corrected chi connectivity index (χ2v) is 3.52. The quantitative estimate of drug-likeness (QED) is 0.805. The molecule has 0 spiro atoms.